The highest BCUT2D eigenvalue weighted by Crippen LogP contribution is 2.34. The van der Waals surface area contributed by atoms with E-state index in [1.54, 1.807) is 6.20 Å². The van der Waals surface area contributed by atoms with Crippen molar-refractivity contribution in [2.24, 2.45) is 0 Å². The maximum Gasteiger partial charge on any atom is 0.144 e. The number of furan rings is 1. The fraction of sp³-hybridized carbons (Fsp3) is 0. The summed E-state index contributed by atoms with van der Waals surface area (Å²) >= 11 is 0. The third kappa shape index (κ3) is 1.54. The highest BCUT2D eigenvalue weighted by atomic mass is 16.3. The van der Waals surface area contributed by atoms with Gasteiger partial charge in [0.15, 0.2) is 0 Å². The van der Waals surface area contributed by atoms with E-state index in [-0.39, 0.29) is 0 Å². The van der Waals surface area contributed by atoms with Crippen molar-refractivity contribution >= 4 is 21.9 Å². The van der Waals surface area contributed by atoms with Gasteiger partial charge in [-0.2, -0.15) is 0 Å². The van der Waals surface area contributed by atoms with Gasteiger partial charge >= 0.3 is 0 Å². The molecule has 19 heavy (non-hydrogen) atoms. The van der Waals surface area contributed by atoms with Gasteiger partial charge in [0.25, 0.3) is 0 Å². The van der Waals surface area contributed by atoms with Crippen LogP contribution < -0.4 is 0 Å². The molecule has 0 saturated heterocycles. The lowest BCUT2D eigenvalue weighted by Crippen LogP contribution is -1.81. The van der Waals surface area contributed by atoms with Crippen LogP contribution in [0.5, 0.6) is 0 Å². The Kier molecular flexibility index (Phi) is 2.15. The van der Waals surface area contributed by atoms with E-state index in [2.05, 4.69) is 17.1 Å². The Balaban J connectivity index is 2.13. The zero-order chi connectivity index (χ0) is 12.7. The lowest BCUT2D eigenvalue weighted by atomic mass is 10.1. The van der Waals surface area contributed by atoms with Crippen LogP contribution in [0.2, 0.25) is 0 Å². The first-order chi connectivity index (χ1) is 9.43. The summed E-state index contributed by atoms with van der Waals surface area (Å²) in [6.45, 7) is 0. The van der Waals surface area contributed by atoms with Crippen molar-refractivity contribution in [3.8, 4) is 11.3 Å². The molecule has 0 fully saturated rings. The molecular weight excluding hydrogens is 234 g/mol. The van der Waals surface area contributed by atoms with Crippen molar-refractivity contribution in [1.82, 2.24) is 4.98 Å². The molecule has 4 aromatic rings. The molecule has 2 heteroatoms. The molecule has 2 nitrogen and oxygen atoms in total. The molecular formula is C17H11NO. The predicted molar refractivity (Wildman–Crippen MR) is 77.0 cm³/mol. The molecule has 90 valence electrons. The lowest BCUT2D eigenvalue weighted by molar-refractivity contribution is 0.670. The predicted octanol–water partition coefficient (Wildman–Crippen LogP) is 4.65. The summed E-state index contributed by atoms with van der Waals surface area (Å²) in [4.78, 5) is 4.41. The summed E-state index contributed by atoms with van der Waals surface area (Å²) in [5.41, 5.74) is 3.80. The first kappa shape index (κ1) is 10.3. The van der Waals surface area contributed by atoms with Crippen LogP contribution in [0.1, 0.15) is 0 Å². The standard InChI is InChI=1S/C17H11NO/c1-2-10-16-12(6-1)13-7-5-8-14(17(13)19-16)15-9-3-4-11-18-15/h1-11H. The lowest BCUT2D eigenvalue weighted by Gasteiger charge is -2.00. The normalized spacial score (nSPS) is 11.2. The third-order valence-electron chi connectivity index (χ3n) is 3.35. The zero-order valence-corrected chi connectivity index (χ0v) is 10.2. The van der Waals surface area contributed by atoms with Gasteiger partial charge in [0, 0.05) is 22.5 Å². The smallest absolute Gasteiger partial charge is 0.144 e. The van der Waals surface area contributed by atoms with Crippen molar-refractivity contribution in [3.05, 3.63) is 66.9 Å². The number of benzene rings is 2. The van der Waals surface area contributed by atoms with E-state index in [9.17, 15) is 0 Å². The summed E-state index contributed by atoms with van der Waals surface area (Å²) in [6.07, 6.45) is 1.80. The molecule has 2 aromatic heterocycles. The van der Waals surface area contributed by atoms with Gasteiger partial charge < -0.3 is 4.42 Å². The van der Waals surface area contributed by atoms with Crippen molar-refractivity contribution in [3.63, 3.8) is 0 Å². The molecule has 0 aliphatic rings. The van der Waals surface area contributed by atoms with Crippen molar-refractivity contribution in [2.75, 3.05) is 0 Å². The van der Waals surface area contributed by atoms with Crippen LogP contribution in [0.3, 0.4) is 0 Å². The van der Waals surface area contributed by atoms with Crippen LogP contribution in [-0.2, 0) is 0 Å². The van der Waals surface area contributed by atoms with E-state index in [1.165, 1.54) is 0 Å². The van der Waals surface area contributed by atoms with E-state index in [0.717, 1.165) is 33.2 Å². The quantitative estimate of drug-likeness (QED) is 0.488. The molecule has 0 amide bonds. The number of para-hydroxylation sites is 2. The van der Waals surface area contributed by atoms with Gasteiger partial charge in [-0.25, -0.2) is 0 Å². The highest BCUT2D eigenvalue weighted by Gasteiger charge is 2.11. The second kappa shape index (κ2) is 3.95. The zero-order valence-electron chi connectivity index (χ0n) is 10.2. The number of hydrogen-bond donors (Lipinski definition) is 0. The molecule has 0 radical (unpaired) electrons. The molecule has 2 heterocycles. The maximum atomic E-state index is 6.00. The van der Waals surface area contributed by atoms with E-state index in [0.29, 0.717) is 0 Å². The third-order valence-corrected chi connectivity index (χ3v) is 3.35. The highest BCUT2D eigenvalue weighted by molar-refractivity contribution is 6.09. The van der Waals surface area contributed by atoms with Crippen LogP contribution >= 0.6 is 0 Å². The second-order valence-electron chi connectivity index (χ2n) is 4.50. The fourth-order valence-electron chi connectivity index (χ4n) is 2.47. The van der Waals surface area contributed by atoms with Crippen molar-refractivity contribution in [2.45, 2.75) is 0 Å². The topological polar surface area (TPSA) is 26.0 Å². The number of aromatic nitrogens is 1. The van der Waals surface area contributed by atoms with Gasteiger partial charge in [-0.3, -0.25) is 4.98 Å². The van der Waals surface area contributed by atoms with Crippen LogP contribution in [-0.4, -0.2) is 4.98 Å². The average molecular weight is 245 g/mol. The SMILES string of the molecule is c1ccc(-c2cccc3c2oc2ccccc23)nc1. The monoisotopic (exact) mass is 245 g/mol. The van der Waals surface area contributed by atoms with Gasteiger partial charge in [0.2, 0.25) is 0 Å². The summed E-state index contributed by atoms with van der Waals surface area (Å²) in [5.74, 6) is 0. The summed E-state index contributed by atoms with van der Waals surface area (Å²) in [7, 11) is 0. The molecule has 0 bridgehead atoms. The van der Waals surface area contributed by atoms with E-state index < -0.39 is 0 Å². The minimum Gasteiger partial charge on any atom is -0.455 e. The number of pyridine rings is 1. The van der Waals surface area contributed by atoms with Gasteiger partial charge in [-0.15, -0.1) is 0 Å². The van der Waals surface area contributed by atoms with Gasteiger partial charge in [0.1, 0.15) is 11.2 Å². The number of hydrogen-bond acceptors (Lipinski definition) is 2. The minimum atomic E-state index is 0.905. The van der Waals surface area contributed by atoms with Crippen molar-refractivity contribution < 1.29 is 4.42 Å². The Morgan fingerprint density at radius 2 is 1.58 bits per heavy atom. The van der Waals surface area contributed by atoms with E-state index in [4.69, 9.17) is 4.42 Å². The molecule has 0 aliphatic carbocycles. The number of rotatable bonds is 1. The van der Waals surface area contributed by atoms with E-state index >= 15 is 0 Å². The summed E-state index contributed by atoms with van der Waals surface area (Å²) in [6, 6.07) is 20.2. The summed E-state index contributed by atoms with van der Waals surface area (Å²) < 4.78 is 6.00. The maximum absolute atomic E-state index is 6.00. The Hall–Kier alpha value is -2.61. The first-order valence-electron chi connectivity index (χ1n) is 6.25. The van der Waals surface area contributed by atoms with Gasteiger partial charge in [-0.1, -0.05) is 36.4 Å². The minimum absolute atomic E-state index is 0.905. The van der Waals surface area contributed by atoms with Crippen molar-refractivity contribution in [1.29, 1.82) is 0 Å². The Morgan fingerprint density at radius 1 is 0.737 bits per heavy atom. The summed E-state index contributed by atoms with van der Waals surface area (Å²) in [5, 5.41) is 2.29. The van der Waals surface area contributed by atoms with Crippen LogP contribution in [0.15, 0.2) is 71.3 Å². The first-order valence-corrected chi connectivity index (χ1v) is 6.25. The Labute approximate surface area is 110 Å². The fourth-order valence-corrected chi connectivity index (χ4v) is 2.47. The number of fused-ring (bicyclic) bond motifs is 3. The van der Waals surface area contributed by atoms with Gasteiger partial charge in [0.05, 0.1) is 5.69 Å². The largest absolute Gasteiger partial charge is 0.455 e. The van der Waals surface area contributed by atoms with E-state index in [1.807, 2.05) is 48.5 Å². The Morgan fingerprint density at radius 3 is 2.47 bits per heavy atom. The molecule has 0 unspecified atom stereocenters. The molecule has 0 spiro atoms. The van der Waals surface area contributed by atoms with Crippen LogP contribution in [0.4, 0.5) is 0 Å². The molecule has 2 aromatic carbocycles. The average Bonchev–Trinajstić information content (AvgIpc) is 2.87. The van der Waals surface area contributed by atoms with Gasteiger partial charge in [-0.05, 0) is 24.3 Å². The number of nitrogens with zero attached hydrogens (tertiary/aromatic N) is 1. The molecule has 0 atom stereocenters. The van der Waals surface area contributed by atoms with Crippen LogP contribution in [0.25, 0.3) is 33.2 Å². The molecule has 0 N–H and O–H groups in total. The Bertz CT molecular complexity index is 862. The van der Waals surface area contributed by atoms with Crippen LogP contribution in [0, 0.1) is 0 Å². The molecule has 4 rings (SSSR count). The second-order valence-corrected chi connectivity index (χ2v) is 4.50. The molecule has 0 saturated carbocycles. The molecule has 0 aliphatic heterocycles.